The van der Waals surface area contributed by atoms with Crippen LogP contribution in [0.5, 0.6) is 5.75 Å². The molecule has 0 amide bonds. The molecule has 1 aliphatic rings. The topological polar surface area (TPSA) is 108 Å². The maximum absolute atomic E-state index is 12.2. The zero-order chi connectivity index (χ0) is 20.0. The van der Waals surface area contributed by atoms with Gasteiger partial charge < -0.3 is 14.6 Å². The summed E-state index contributed by atoms with van der Waals surface area (Å²) in [5.74, 6) is 1.25. The third-order valence-electron chi connectivity index (χ3n) is 5.24. The molecule has 9 heteroatoms. The Balaban J connectivity index is 1.48. The minimum atomic E-state index is -0.548. The number of aromatic amines is 2. The van der Waals surface area contributed by atoms with Crippen LogP contribution in [-0.4, -0.2) is 44.8 Å². The first-order valence-electron chi connectivity index (χ1n) is 9.18. The summed E-state index contributed by atoms with van der Waals surface area (Å²) in [6.07, 6.45) is 4.79. The van der Waals surface area contributed by atoms with E-state index in [0.29, 0.717) is 17.2 Å². The maximum atomic E-state index is 12.2. The first-order chi connectivity index (χ1) is 14.1. The average Bonchev–Trinajstić information content (AvgIpc) is 3.16. The number of H-pyrrole nitrogens is 2. The first kappa shape index (κ1) is 17.2. The summed E-state index contributed by atoms with van der Waals surface area (Å²) in [7, 11) is 1.66. The van der Waals surface area contributed by atoms with Crippen LogP contribution in [0.2, 0.25) is 0 Å². The van der Waals surface area contributed by atoms with Gasteiger partial charge in [0.1, 0.15) is 11.4 Å². The van der Waals surface area contributed by atoms with Crippen molar-refractivity contribution in [1.82, 2.24) is 24.6 Å². The number of hydrogen-bond acceptors (Lipinski definition) is 6. The van der Waals surface area contributed by atoms with Crippen molar-refractivity contribution in [2.45, 2.75) is 5.92 Å². The number of imidazole rings is 1. The Bertz CT molecular complexity index is 1300. The number of fused-ring (bicyclic) bond motifs is 1. The van der Waals surface area contributed by atoms with E-state index >= 15 is 0 Å². The van der Waals surface area contributed by atoms with E-state index in [0.717, 1.165) is 30.2 Å². The highest BCUT2D eigenvalue weighted by atomic mass is 16.5. The van der Waals surface area contributed by atoms with E-state index in [1.165, 1.54) is 11.8 Å². The Morgan fingerprint density at radius 2 is 1.97 bits per heavy atom. The summed E-state index contributed by atoms with van der Waals surface area (Å²) < 4.78 is 6.87. The van der Waals surface area contributed by atoms with E-state index < -0.39 is 11.2 Å². The van der Waals surface area contributed by atoms with Gasteiger partial charge in [0.15, 0.2) is 5.65 Å². The molecule has 146 valence electrons. The summed E-state index contributed by atoms with van der Waals surface area (Å²) in [6, 6.07) is 9.96. The smallest absolute Gasteiger partial charge is 0.325 e. The van der Waals surface area contributed by atoms with Crippen molar-refractivity contribution in [2.24, 2.45) is 0 Å². The largest absolute Gasteiger partial charge is 0.497 e. The second-order valence-electron chi connectivity index (χ2n) is 6.97. The van der Waals surface area contributed by atoms with Crippen molar-refractivity contribution in [3.63, 3.8) is 0 Å². The monoisotopic (exact) mass is 390 g/mol. The highest BCUT2D eigenvalue weighted by Gasteiger charge is 2.30. The van der Waals surface area contributed by atoms with Gasteiger partial charge >= 0.3 is 5.69 Å². The number of ether oxygens (including phenoxy) is 1. The lowest BCUT2D eigenvalue weighted by molar-refractivity contribution is 0.414. The van der Waals surface area contributed by atoms with Crippen LogP contribution in [0.25, 0.3) is 16.9 Å². The lowest BCUT2D eigenvalue weighted by atomic mass is 9.91. The minimum absolute atomic E-state index is 0.300. The molecule has 4 heterocycles. The first-order valence-corrected chi connectivity index (χ1v) is 9.18. The molecule has 4 aromatic rings. The van der Waals surface area contributed by atoms with Gasteiger partial charge in [-0.25, -0.2) is 14.3 Å². The molecule has 29 heavy (non-hydrogen) atoms. The van der Waals surface area contributed by atoms with Crippen molar-refractivity contribution < 1.29 is 4.74 Å². The van der Waals surface area contributed by atoms with Gasteiger partial charge in [-0.2, -0.15) is 5.10 Å². The van der Waals surface area contributed by atoms with Gasteiger partial charge in [-0.05, 0) is 23.8 Å². The molecule has 0 bridgehead atoms. The molecule has 0 spiro atoms. The van der Waals surface area contributed by atoms with Gasteiger partial charge in [-0.15, -0.1) is 0 Å². The van der Waals surface area contributed by atoms with Gasteiger partial charge in [0.25, 0.3) is 5.56 Å². The number of rotatable bonds is 4. The molecule has 5 rings (SSSR count). The zero-order valence-corrected chi connectivity index (χ0v) is 15.6. The van der Waals surface area contributed by atoms with E-state index in [1.807, 2.05) is 18.2 Å². The van der Waals surface area contributed by atoms with Crippen LogP contribution in [0.15, 0.2) is 58.5 Å². The average molecular weight is 390 g/mol. The minimum Gasteiger partial charge on any atom is -0.497 e. The number of methoxy groups -OCH3 is 1. The van der Waals surface area contributed by atoms with Gasteiger partial charge in [0.2, 0.25) is 0 Å². The number of hydrogen-bond donors (Lipinski definition) is 2. The van der Waals surface area contributed by atoms with Crippen LogP contribution in [0.3, 0.4) is 0 Å². The Labute approximate surface area is 164 Å². The number of benzene rings is 1. The van der Waals surface area contributed by atoms with E-state index in [-0.39, 0.29) is 0 Å². The molecule has 0 saturated carbocycles. The molecule has 3 aromatic heterocycles. The molecule has 2 N–H and O–H groups in total. The van der Waals surface area contributed by atoms with Gasteiger partial charge in [-0.1, -0.05) is 12.1 Å². The lowest BCUT2D eigenvalue weighted by Crippen LogP contribution is -2.45. The molecule has 0 aliphatic carbocycles. The maximum Gasteiger partial charge on any atom is 0.325 e. The summed E-state index contributed by atoms with van der Waals surface area (Å²) in [5, 5.41) is 4.47. The van der Waals surface area contributed by atoms with Crippen LogP contribution < -0.4 is 20.9 Å². The van der Waals surface area contributed by atoms with Gasteiger partial charge in [0, 0.05) is 37.6 Å². The van der Waals surface area contributed by atoms with Crippen LogP contribution in [-0.2, 0) is 0 Å². The van der Waals surface area contributed by atoms with Crippen molar-refractivity contribution in [3.05, 3.63) is 75.3 Å². The van der Waals surface area contributed by atoms with E-state index in [2.05, 4.69) is 37.1 Å². The fraction of sp³-hybridized carbons (Fsp3) is 0.200. The molecular weight excluding hydrogens is 372 g/mol. The summed E-state index contributed by atoms with van der Waals surface area (Å²) in [4.78, 5) is 34.9. The molecule has 0 unspecified atom stereocenters. The van der Waals surface area contributed by atoms with Gasteiger partial charge in [-0.3, -0.25) is 9.78 Å². The van der Waals surface area contributed by atoms with Crippen LogP contribution >= 0.6 is 0 Å². The highest BCUT2D eigenvalue weighted by Crippen LogP contribution is 2.35. The summed E-state index contributed by atoms with van der Waals surface area (Å²) >= 11 is 0. The second-order valence-corrected chi connectivity index (χ2v) is 6.97. The van der Waals surface area contributed by atoms with E-state index in [9.17, 15) is 9.59 Å². The number of nitrogens with one attached hydrogen (secondary N) is 2. The molecule has 1 aromatic carbocycles. The Morgan fingerprint density at radius 3 is 2.69 bits per heavy atom. The molecule has 0 atom stereocenters. The highest BCUT2D eigenvalue weighted by molar-refractivity contribution is 5.75. The van der Waals surface area contributed by atoms with Crippen molar-refractivity contribution in [1.29, 1.82) is 0 Å². The standard InChI is InChI=1S/C20H18N6O3/c1-29-14-4-2-12(3-5-14)13-10-25(11-13)17-8-16(24-26-7-6-21-18(17)26)15-9-22-20(28)23-19(15)27/h2-9,13H,10-11H2,1H3,(H2,22,23,27,28). The molecule has 1 saturated heterocycles. The quantitative estimate of drug-likeness (QED) is 0.545. The van der Waals surface area contributed by atoms with Gasteiger partial charge in [0.05, 0.1) is 18.4 Å². The number of anilines is 1. The predicted molar refractivity (Wildman–Crippen MR) is 108 cm³/mol. The number of nitrogens with zero attached hydrogens (tertiary/aromatic N) is 4. The normalized spacial score (nSPS) is 14.2. The molecule has 0 radical (unpaired) electrons. The second kappa shape index (κ2) is 6.62. The summed E-state index contributed by atoms with van der Waals surface area (Å²) in [5.41, 5.74) is 2.62. The Hall–Kier alpha value is -3.88. The third kappa shape index (κ3) is 2.96. The van der Waals surface area contributed by atoms with Crippen LogP contribution in [0.4, 0.5) is 5.69 Å². The summed E-state index contributed by atoms with van der Waals surface area (Å²) in [6.45, 7) is 1.67. The third-order valence-corrected chi connectivity index (χ3v) is 5.24. The van der Waals surface area contributed by atoms with Crippen molar-refractivity contribution in [2.75, 3.05) is 25.1 Å². The number of aromatic nitrogens is 5. The van der Waals surface area contributed by atoms with E-state index in [4.69, 9.17) is 4.74 Å². The van der Waals surface area contributed by atoms with Crippen molar-refractivity contribution in [3.8, 4) is 17.0 Å². The molecule has 9 nitrogen and oxygen atoms in total. The SMILES string of the molecule is COc1ccc(C2CN(c3cc(-c4c[nH]c(=O)[nH]c4=O)nn4ccnc34)C2)cc1. The Morgan fingerprint density at radius 1 is 1.17 bits per heavy atom. The van der Waals surface area contributed by atoms with Crippen molar-refractivity contribution >= 4 is 11.3 Å². The lowest BCUT2D eigenvalue weighted by Gasteiger charge is -2.41. The zero-order valence-electron chi connectivity index (χ0n) is 15.6. The van der Waals surface area contributed by atoms with E-state index in [1.54, 1.807) is 24.0 Å². The molecular formula is C20H18N6O3. The molecule has 1 fully saturated rings. The van der Waals surface area contributed by atoms with Crippen LogP contribution in [0.1, 0.15) is 11.5 Å². The van der Waals surface area contributed by atoms with Crippen LogP contribution in [0, 0.1) is 0 Å². The fourth-order valence-corrected chi connectivity index (χ4v) is 3.63. The fourth-order valence-electron chi connectivity index (χ4n) is 3.63. The predicted octanol–water partition coefficient (Wildman–Crippen LogP) is 1.39. The Kier molecular flexibility index (Phi) is 3.94. The molecule has 1 aliphatic heterocycles.